The normalized spacial score (nSPS) is 14.3. The van der Waals surface area contributed by atoms with Crippen LogP contribution < -0.4 is 5.73 Å². The SMILES string of the molecule is CC(C)(N)CC(C)(C)C(=O)C(C)(C)C. The van der Waals surface area contributed by atoms with Crippen molar-refractivity contribution in [1.82, 2.24) is 0 Å². The zero-order valence-electron chi connectivity index (χ0n) is 10.7. The van der Waals surface area contributed by atoms with E-state index in [9.17, 15) is 4.79 Å². The average Bonchev–Trinajstić information content (AvgIpc) is 1.78. The molecule has 0 saturated heterocycles. The number of carbonyl (C=O) groups is 1. The summed E-state index contributed by atoms with van der Waals surface area (Å²) in [5.41, 5.74) is 5.04. The third-order valence-corrected chi connectivity index (χ3v) is 2.19. The topological polar surface area (TPSA) is 43.1 Å². The van der Waals surface area contributed by atoms with Crippen molar-refractivity contribution >= 4 is 5.78 Å². The van der Waals surface area contributed by atoms with Gasteiger partial charge in [0.05, 0.1) is 0 Å². The molecule has 0 aliphatic rings. The number of Topliss-reactive ketones (excluding diaryl/α,β-unsaturated/α-hetero) is 1. The first-order valence-corrected chi connectivity index (χ1v) is 5.20. The fraction of sp³-hybridized carbons (Fsp3) is 0.917. The molecular formula is C12H25NO. The zero-order valence-corrected chi connectivity index (χ0v) is 10.7. The minimum absolute atomic E-state index is 0.281. The summed E-state index contributed by atoms with van der Waals surface area (Å²) in [4.78, 5) is 12.1. The van der Waals surface area contributed by atoms with Crippen molar-refractivity contribution < 1.29 is 4.79 Å². The van der Waals surface area contributed by atoms with Crippen LogP contribution in [0.4, 0.5) is 0 Å². The van der Waals surface area contributed by atoms with Crippen LogP contribution in [0.2, 0.25) is 0 Å². The Bertz CT molecular complexity index is 215. The van der Waals surface area contributed by atoms with Gasteiger partial charge >= 0.3 is 0 Å². The Morgan fingerprint density at radius 1 is 1.00 bits per heavy atom. The molecule has 2 N–H and O–H groups in total. The first-order chi connectivity index (χ1) is 5.86. The lowest BCUT2D eigenvalue weighted by Crippen LogP contribution is -2.44. The summed E-state index contributed by atoms with van der Waals surface area (Å²) < 4.78 is 0. The quantitative estimate of drug-likeness (QED) is 0.759. The van der Waals surface area contributed by atoms with Crippen molar-refractivity contribution in [1.29, 1.82) is 0 Å². The fourth-order valence-corrected chi connectivity index (χ4v) is 2.23. The largest absolute Gasteiger partial charge is 0.326 e. The van der Waals surface area contributed by atoms with E-state index in [-0.39, 0.29) is 22.2 Å². The van der Waals surface area contributed by atoms with Crippen molar-refractivity contribution in [3.63, 3.8) is 0 Å². The Labute approximate surface area is 88.3 Å². The standard InChI is InChI=1S/C12H25NO/c1-10(2,3)9(14)11(4,5)8-12(6,7)13/h8,13H2,1-7H3. The molecule has 84 valence electrons. The predicted octanol–water partition coefficient (Wildman–Crippen LogP) is 2.76. The summed E-state index contributed by atoms with van der Waals surface area (Å²) >= 11 is 0. The van der Waals surface area contributed by atoms with Gasteiger partial charge < -0.3 is 5.73 Å². The molecule has 14 heavy (non-hydrogen) atoms. The molecule has 0 aromatic carbocycles. The highest BCUT2D eigenvalue weighted by Crippen LogP contribution is 2.34. The van der Waals surface area contributed by atoms with E-state index >= 15 is 0 Å². The maximum absolute atomic E-state index is 12.1. The lowest BCUT2D eigenvalue weighted by atomic mass is 9.69. The Hall–Kier alpha value is -0.370. The van der Waals surface area contributed by atoms with Crippen LogP contribution in [-0.2, 0) is 4.79 Å². The van der Waals surface area contributed by atoms with E-state index in [0.717, 1.165) is 6.42 Å². The summed E-state index contributed by atoms with van der Waals surface area (Å²) in [6.45, 7) is 13.8. The van der Waals surface area contributed by atoms with E-state index in [1.54, 1.807) is 0 Å². The second-order valence-corrected chi connectivity index (χ2v) is 6.63. The lowest BCUT2D eigenvalue weighted by molar-refractivity contribution is -0.136. The summed E-state index contributed by atoms with van der Waals surface area (Å²) in [5, 5.41) is 0. The number of hydrogen-bond donors (Lipinski definition) is 1. The molecule has 0 heterocycles. The molecule has 0 rings (SSSR count). The number of carbonyl (C=O) groups excluding carboxylic acids is 1. The van der Waals surface area contributed by atoms with Crippen molar-refractivity contribution in [2.45, 2.75) is 60.4 Å². The van der Waals surface area contributed by atoms with Crippen molar-refractivity contribution in [2.24, 2.45) is 16.6 Å². The Balaban J connectivity index is 4.72. The van der Waals surface area contributed by atoms with Gasteiger partial charge in [0.25, 0.3) is 0 Å². The summed E-state index contributed by atoms with van der Waals surface area (Å²) in [7, 11) is 0. The molecule has 0 spiro atoms. The van der Waals surface area contributed by atoms with Gasteiger partial charge in [-0.3, -0.25) is 4.79 Å². The molecule has 0 radical (unpaired) electrons. The number of ketones is 1. The predicted molar refractivity (Wildman–Crippen MR) is 61.1 cm³/mol. The third-order valence-electron chi connectivity index (χ3n) is 2.19. The molecule has 0 amide bonds. The number of rotatable bonds is 3. The number of nitrogens with two attached hydrogens (primary N) is 1. The van der Waals surface area contributed by atoms with Crippen LogP contribution in [-0.4, -0.2) is 11.3 Å². The van der Waals surface area contributed by atoms with Crippen LogP contribution in [0.25, 0.3) is 0 Å². The molecule has 0 aliphatic heterocycles. The maximum atomic E-state index is 12.1. The molecular weight excluding hydrogens is 174 g/mol. The minimum Gasteiger partial charge on any atom is -0.326 e. The van der Waals surface area contributed by atoms with Gasteiger partial charge in [-0.1, -0.05) is 34.6 Å². The van der Waals surface area contributed by atoms with Crippen molar-refractivity contribution in [2.75, 3.05) is 0 Å². The lowest BCUT2D eigenvalue weighted by Gasteiger charge is -2.35. The molecule has 0 atom stereocenters. The van der Waals surface area contributed by atoms with Gasteiger partial charge in [-0.15, -0.1) is 0 Å². The van der Waals surface area contributed by atoms with Crippen molar-refractivity contribution in [3.8, 4) is 0 Å². The van der Waals surface area contributed by atoms with Crippen LogP contribution in [0.15, 0.2) is 0 Å². The monoisotopic (exact) mass is 199 g/mol. The molecule has 0 bridgehead atoms. The van der Waals surface area contributed by atoms with E-state index in [1.165, 1.54) is 0 Å². The van der Waals surface area contributed by atoms with E-state index in [4.69, 9.17) is 5.73 Å². The van der Waals surface area contributed by atoms with Gasteiger partial charge in [0, 0.05) is 16.4 Å². The molecule has 0 aromatic heterocycles. The number of hydrogen-bond acceptors (Lipinski definition) is 2. The maximum Gasteiger partial charge on any atom is 0.143 e. The van der Waals surface area contributed by atoms with Crippen molar-refractivity contribution in [3.05, 3.63) is 0 Å². The second kappa shape index (κ2) is 3.65. The van der Waals surface area contributed by atoms with Crippen LogP contribution in [0, 0.1) is 10.8 Å². The van der Waals surface area contributed by atoms with Gasteiger partial charge in [0.1, 0.15) is 5.78 Å². The van der Waals surface area contributed by atoms with Gasteiger partial charge in [-0.25, -0.2) is 0 Å². The minimum atomic E-state index is -0.337. The molecule has 0 saturated carbocycles. The van der Waals surface area contributed by atoms with Gasteiger partial charge in [0.2, 0.25) is 0 Å². The fourth-order valence-electron chi connectivity index (χ4n) is 2.23. The summed E-state index contributed by atoms with van der Waals surface area (Å²) in [6, 6.07) is 0. The first-order valence-electron chi connectivity index (χ1n) is 5.20. The summed E-state index contributed by atoms with van der Waals surface area (Å²) in [5.74, 6) is 0.281. The Morgan fingerprint density at radius 3 is 1.57 bits per heavy atom. The smallest absolute Gasteiger partial charge is 0.143 e. The van der Waals surface area contributed by atoms with Crippen LogP contribution in [0.1, 0.15) is 54.9 Å². The van der Waals surface area contributed by atoms with Gasteiger partial charge in [-0.05, 0) is 20.3 Å². The molecule has 2 nitrogen and oxygen atoms in total. The Morgan fingerprint density at radius 2 is 1.36 bits per heavy atom. The van der Waals surface area contributed by atoms with Crippen LogP contribution >= 0.6 is 0 Å². The summed E-state index contributed by atoms with van der Waals surface area (Å²) in [6.07, 6.45) is 0.718. The van der Waals surface area contributed by atoms with E-state index in [0.29, 0.717) is 0 Å². The second-order valence-electron chi connectivity index (χ2n) is 6.63. The highest BCUT2D eigenvalue weighted by molar-refractivity contribution is 5.88. The van der Waals surface area contributed by atoms with Crippen LogP contribution in [0.3, 0.4) is 0 Å². The zero-order chi connectivity index (χ0) is 11.8. The van der Waals surface area contributed by atoms with E-state index in [1.807, 2.05) is 48.5 Å². The Kier molecular flexibility index (Phi) is 3.55. The third kappa shape index (κ3) is 4.23. The highest BCUT2D eigenvalue weighted by Gasteiger charge is 2.38. The average molecular weight is 199 g/mol. The molecule has 0 aromatic rings. The highest BCUT2D eigenvalue weighted by atomic mass is 16.1. The molecule has 0 aliphatic carbocycles. The van der Waals surface area contributed by atoms with E-state index in [2.05, 4.69) is 0 Å². The molecule has 0 fully saturated rings. The first kappa shape index (κ1) is 13.6. The molecule has 0 unspecified atom stereocenters. The van der Waals surface area contributed by atoms with E-state index < -0.39 is 0 Å². The molecule has 2 heteroatoms. The van der Waals surface area contributed by atoms with Gasteiger partial charge in [-0.2, -0.15) is 0 Å². The van der Waals surface area contributed by atoms with Gasteiger partial charge in [0.15, 0.2) is 0 Å². The van der Waals surface area contributed by atoms with Crippen LogP contribution in [0.5, 0.6) is 0 Å².